The van der Waals surface area contributed by atoms with Crippen molar-refractivity contribution in [3.8, 4) is 5.75 Å². The van der Waals surface area contributed by atoms with E-state index in [9.17, 15) is 9.18 Å². The number of anilines is 3. The Kier molecular flexibility index (Phi) is 7.02. The number of halogens is 2. The highest BCUT2D eigenvalue weighted by Crippen LogP contribution is 2.32. The van der Waals surface area contributed by atoms with Crippen LogP contribution in [0.15, 0.2) is 41.1 Å². The average Bonchev–Trinajstić information content (AvgIpc) is 2.67. The maximum Gasteiger partial charge on any atom is 0.407 e. The molecule has 3 aromatic rings. The summed E-state index contributed by atoms with van der Waals surface area (Å²) in [6.07, 6.45) is 0.845. The second kappa shape index (κ2) is 9.56. The van der Waals surface area contributed by atoms with Gasteiger partial charge in [0, 0.05) is 15.9 Å². The predicted molar refractivity (Wildman–Crippen MR) is 126 cm³/mol. The number of hydrogen-bond acceptors (Lipinski definition) is 7. The van der Waals surface area contributed by atoms with Gasteiger partial charge < -0.3 is 25.8 Å². The summed E-state index contributed by atoms with van der Waals surface area (Å²) in [5, 5.41) is 6.29. The van der Waals surface area contributed by atoms with Gasteiger partial charge in [0.25, 0.3) is 0 Å². The van der Waals surface area contributed by atoms with E-state index in [2.05, 4.69) is 36.5 Å². The van der Waals surface area contributed by atoms with Gasteiger partial charge in [0.05, 0.1) is 22.9 Å². The number of nitrogens with zero attached hydrogens (tertiary/aromatic N) is 2. The Balaban J connectivity index is 1.74. The number of nitrogens with one attached hydrogen (secondary N) is 2. The van der Waals surface area contributed by atoms with Gasteiger partial charge in [-0.1, -0.05) is 15.9 Å². The predicted octanol–water partition coefficient (Wildman–Crippen LogP) is 5.15. The zero-order chi connectivity index (χ0) is 23.5. The van der Waals surface area contributed by atoms with Crippen molar-refractivity contribution in [2.75, 3.05) is 17.7 Å². The second-order valence-electron chi connectivity index (χ2n) is 8.24. The number of carbonyl (C=O) groups is 1. The van der Waals surface area contributed by atoms with Crippen LogP contribution in [-0.2, 0) is 4.74 Å². The van der Waals surface area contributed by atoms with Crippen LogP contribution in [0.25, 0.3) is 10.9 Å². The summed E-state index contributed by atoms with van der Waals surface area (Å²) in [4.78, 5) is 20.4. The first-order valence-electron chi connectivity index (χ1n) is 9.90. The first-order chi connectivity index (χ1) is 15.0. The average molecular weight is 506 g/mol. The summed E-state index contributed by atoms with van der Waals surface area (Å²) in [6, 6.07) is 7.71. The molecule has 0 bridgehead atoms. The normalized spacial score (nSPS) is 12.3. The van der Waals surface area contributed by atoms with Gasteiger partial charge >= 0.3 is 6.09 Å². The van der Waals surface area contributed by atoms with Gasteiger partial charge in [-0.05, 0) is 52.0 Å². The van der Waals surface area contributed by atoms with Gasteiger partial charge in [-0.15, -0.1) is 0 Å². The fourth-order valence-electron chi connectivity index (χ4n) is 2.81. The molecule has 4 N–H and O–H groups in total. The third-order valence-electron chi connectivity index (χ3n) is 4.20. The van der Waals surface area contributed by atoms with Crippen LogP contribution in [0.4, 0.5) is 26.4 Å². The van der Waals surface area contributed by atoms with Gasteiger partial charge in [0.2, 0.25) is 0 Å². The number of benzene rings is 2. The Morgan fingerprint density at radius 2 is 2.00 bits per heavy atom. The fourth-order valence-corrected chi connectivity index (χ4v) is 3.14. The van der Waals surface area contributed by atoms with E-state index in [0.717, 1.165) is 0 Å². The van der Waals surface area contributed by atoms with Gasteiger partial charge in [0.15, 0.2) is 0 Å². The van der Waals surface area contributed by atoms with E-state index in [1.54, 1.807) is 52.0 Å². The molecule has 2 aromatic carbocycles. The molecule has 0 aliphatic heterocycles. The van der Waals surface area contributed by atoms with Crippen molar-refractivity contribution in [1.82, 2.24) is 15.3 Å². The van der Waals surface area contributed by atoms with E-state index < -0.39 is 17.5 Å². The number of ether oxygens (including phenoxy) is 2. The molecule has 8 nitrogen and oxygen atoms in total. The third kappa shape index (κ3) is 6.19. The minimum Gasteiger partial charge on any atom is -0.489 e. The zero-order valence-electron chi connectivity index (χ0n) is 18.2. The van der Waals surface area contributed by atoms with Crippen molar-refractivity contribution in [2.45, 2.75) is 39.3 Å². The maximum atomic E-state index is 14.2. The lowest BCUT2D eigenvalue weighted by Gasteiger charge is -2.22. The molecule has 0 fully saturated rings. The Morgan fingerprint density at radius 1 is 1.25 bits per heavy atom. The molecule has 0 aliphatic rings. The summed E-state index contributed by atoms with van der Waals surface area (Å²) in [7, 11) is 0. The fraction of sp³-hybridized carbons (Fsp3) is 0.318. The Morgan fingerprint density at radius 3 is 2.69 bits per heavy atom. The molecular formula is C22H25BrFN5O3. The van der Waals surface area contributed by atoms with Crippen LogP contribution in [-0.4, -0.2) is 34.3 Å². The lowest BCUT2D eigenvalue weighted by atomic mass is 10.2. The number of nitrogens with two attached hydrogens (primary N) is 1. The number of alkyl carbamates (subject to hydrolysis) is 1. The molecular weight excluding hydrogens is 481 g/mol. The molecule has 0 radical (unpaired) electrons. The summed E-state index contributed by atoms with van der Waals surface area (Å²) in [6.45, 7) is 7.34. The zero-order valence-corrected chi connectivity index (χ0v) is 19.8. The van der Waals surface area contributed by atoms with E-state index in [1.807, 2.05) is 0 Å². The van der Waals surface area contributed by atoms with E-state index in [-0.39, 0.29) is 18.3 Å². The molecule has 170 valence electrons. The van der Waals surface area contributed by atoms with Crippen LogP contribution >= 0.6 is 15.9 Å². The van der Waals surface area contributed by atoms with Crippen molar-refractivity contribution in [3.05, 3.63) is 46.9 Å². The number of carbonyl (C=O) groups excluding carboxylic acids is 1. The molecule has 1 unspecified atom stereocenters. The lowest BCUT2D eigenvalue weighted by molar-refractivity contribution is 0.0494. The van der Waals surface area contributed by atoms with E-state index in [0.29, 0.717) is 32.6 Å². The molecule has 0 saturated heterocycles. The van der Waals surface area contributed by atoms with Crippen LogP contribution in [0.1, 0.15) is 27.7 Å². The Hall–Kier alpha value is -3.14. The molecule has 0 saturated carbocycles. The smallest absolute Gasteiger partial charge is 0.407 e. The first kappa shape index (κ1) is 23.5. The SMILES string of the molecule is CC(COc1cc2ncnc(Nc3ccc(Br)cc3F)c2cc1N)NC(=O)OC(C)(C)C. The molecule has 10 heteroatoms. The van der Waals surface area contributed by atoms with Crippen molar-refractivity contribution >= 4 is 50.1 Å². The number of hydrogen-bond donors (Lipinski definition) is 3. The quantitative estimate of drug-likeness (QED) is 0.397. The molecule has 0 aliphatic carbocycles. The molecule has 1 atom stereocenters. The topological polar surface area (TPSA) is 111 Å². The number of nitrogen functional groups attached to an aromatic ring is 1. The number of amides is 1. The highest BCUT2D eigenvalue weighted by molar-refractivity contribution is 9.10. The van der Waals surface area contributed by atoms with Crippen molar-refractivity contribution < 1.29 is 18.7 Å². The van der Waals surface area contributed by atoms with E-state index >= 15 is 0 Å². The summed E-state index contributed by atoms with van der Waals surface area (Å²) < 4.78 is 25.9. The molecule has 1 heterocycles. The number of aromatic nitrogens is 2. The first-order valence-corrected chi connectivity index (χ1v) is 10.7. The van der Waals surface area contributed by atoms with Crippen LogP contribution in [0, 0.1) is 5.82 Å². The van der Waals surface area contributed by atoms with Crippen LogP contribution in [0.2, 0.25) is 0 Å². The van der Waals surface area contributed by atoms with Gasteiger partial charge in [-0.2, -0.15) is 0 Å². The Bertz CT molecular complexity index is 1140. The van der Waals surface area contributed by atoms with E-state index in [1.165, 1.54) is 12.4 Å². The molecule has 3 rings (SSSR count). The van der Waals surface area contributed by atoms with Gasteiger partial charge in [0.1, 0.15) is 35.9 Å². The van der Waals surface area contributed by atoms with Gasteiger partial charge in [-0.25, -0.2) is 19.2 Å². The van der Waals surface area contributed by atoms with Crippen LogP contribution < -0.4 is 21.1 Å². The minimum atomic E-state index is -0.585. The molecule has 0 spiro atoms. The third-order valence-corrected chi connectivity index (χ3v) is 4.70. The Labute approximate surface area is 193 Å². The van der Waals surface area contributed by atoms with Gasteiger partial charge in [-0.3, -0.25) is 0 Å². The van der Waals surface area contributed by atoms with E-state index in [4.69, 9.17) is 15.2 Å². The minimum absolute atomic E-state index is 0.176. The van der Waals surface area contributed by atoms with Crippen LogP contribution in [0.5, 0.6) is 5.75 Å². The summed E-state index contributed by atoms with van der Waals surface area (Å²) in [5.41, 5.74) is 6.78. The summed E-state index contributed by atoms with van der Waals surface area (Å²) in [5.74, 6) is 0.398. The molecule has 32 heavy (non-hydrogen) atoms. The largest absolute Gasteiger partial charge is 0.489 e. The van der Waals surface area contributed by atoms with Crippen molar-refractivity contribution in [2.24, 2.45) is 0 Å². The highest BCUT2D eigenvalue weighted by Gasteiger charge is 2.18. The monoisotopic (exact) mass is 505 g/mol. The van der Waals surface area contributed by atoms with Crippen molar-refractivity contribution in [3.63, 3.8) is 0 Å². The molecule has 1 amide bonds. The number of fused-ring (bicyclic) bond motifs is 1. The number of rotatable bonds is 6. The standard InChI is InChI=1S/C22H25BrFN5O3/c1-12(28-21(30)32-22(2,3)4)10-31-19-9-18-14(8-16(19)25)20(27-11-26-18)29-17-6-5-13(23)7-15(17)24/h5-9,11-12H,10,25H2,1-4H3,(H,28,30)(H,26,27,29). The van der Waals surface area contributed by atoms with Crippen LogP contribution in [0.3, 0.4) is 0 Å². The van der Waals surface area contributed by atoms with Crippen molar-refractivity contribution in [1.29, 1.82) is 0 Å². The lowest BCUT2D eigenvalue weighted by Crippen LogP contribution is -2.40. The highest BCUT2D eigenvalue weighted by atomic mass is 79.9. The maximum absolute atomic E-state index is 14.2. The molecule has 1 aromatic heterocycles. The summed E-state index contributed by atoms with van der Waals surface area (Å²) >= 11 is 3.24. The second-order valence-corrected chi connectivity index (χ2v) is 9.15.